The molecule has 2 aromatic carbocycles. The Bertz CT molecular complexity index is 1360. The van der Waals surface area contributed by atoms with E-state index in [9.17, 15) is 22.4 Å². The lowest BCUT2D eigenvalue weighted by Gasteiger charge is -2.08. The van der Waals surface area contributed by atoms with E-state index in [1.165, 1.54) is 17.4 Å². The van der Waals surface area contributed by atoms with E-state index < -0.39 is 23.5 Å². The number of aliphatic carboxylic acids is 1. The molecule has 11 heteroatoms. The standard InChI is InChI=1S/C22H16F4N2O4S/c1-10-3-6-15-19(28-17(32-15)8-18(29)30)20(10)31-9-16-11(2)27-21(33-16)12-4-5-13(14(23)7-12)22(24,25)26/h3-7H,8-9H2,1-2H3,(H,29,30). The predicted molar refractivity (Wildman–Crippen MR) is 112 cm³/mol. The molecular formula is C22H16F4N2O4S. The lowest BCUT2D eigenvalue weighted by Crippen LogP contribution is -2.07. The first kappa shape index (κ1) is 22.7. The number of nitrogens with zero attached hydrogens (tertiary/aromatic N) is 2. The van der Waals surface area contributed by atoms with E-state index >= 15 is 0 Å². The Morgan fingerprint density at radius 2 is 1.94 bits per heavy atom. The maximum Gasteiger partial charge on any atom is 0.419 e. The van der Waals surface area contributed by atoms with Crippen molar-refractivity contribution in [3.63, 3.8) is 0 Å². The Hall–Kier alpha value is -3.47. The van der Waals surface area contributed by atoms with E-state index in [1.54, 1.807) is 26.0 Å². The third-order valence-electron chi connectivity index (χ3n) is 4.82. The van der Waals surface area contributed by atoms with Gasteiger partial charge in [0.25, 0.3) is 0 Å². The summed E-state index contributed by atoms with van der Waals surface area (Å²) in [6, 6.07) is 6.12. The molecule has 0 bridgehead atoms. The van der Waals surface area contributed by atoms with Gasteiger partial charge in [-0.2, -0.15) is 13.2 Å². The van der Waals surface area contributed by atoms with Crippen LogP contribution in [-0.2, 0) is 24.0 Å². The van der Waals surface area contributed by atoms with Crippen LogP contribution in [0, 0.1) is 19.7 Å². The number of halogens is 4. The average molecular weight is 480 g/mol. The first-order valence-electron chi connectivity index (χ1n) is 9.60. The molecule has 4 rings (SSSR count). The fourth-order valence-electron chi connectivity index (χ4n) is 3.20. The largest absolute Gasteiger partial charge is 0.485 e. The van der Waals surface area contributed by atoms with Gasteiger partial charge in [-0.15, -0.1) is 11.3 Å². The first-order valence-corrected chi connectivity index (χ1v) is 10.4. The smallest absolute Gasteiger partial charge is 0.419 e. The van der Waals surface area contributed by atoms with Crippen molar-refractivity contribution in [2.45, 2.75) is 33.1 Å². The summed E-state index contributed by atoms with van der Waals surface area (Å²) in [5.41, 5.74) is 1.01. The molecule has 4 aromatic rings. The topological polar surface area (TPSA) is 85.5 Å². The molecule has 0 aliphatic rings. The van der Waals surface area contributed by atoms with Gasteiger partial charge < -0.3 is 14.3 Å². The van der Waals surface area contributed by atoms with Crippen LogP contribution in [0.15, 0.2) is 34.7 Å². The molecule has 0 atom stereocenters. The quantitative estimate of drug-likeness (QED) is 0.344. The molecule has 0 spiro atoms. The molecule has 0 saturated carbocycles. The van der Waals surface area contributed by atoms with E-state index in [0.717, 1.165) is 11.6 Å². The van der Waals surface area contributed by atoms with E-state index in [2.05, 4.69) is 9.97 Å². The highest BCUT2D eigenvalue weighted by Gasteiger charge is 2.34. The van der Waals surface area contributed by atoms with Crippen LogP contribution in [-0.4, -0.2) is 21.0 Å². The minimum atomic E-state index is -4.77. The number of carboxylic acid groups (broad SMARTS) is 1. The van der Waals surface area contributed by atoms with Crippen molar-refractivity contribution in [1.82, 2.24) is 9.97 Å². The van der Waals surface area contributed by atoms with Crippen molar-refractivity contribution in [2.75, 3.05) is 0 Å². The van der Waals surface area contributed by atoms with Crippen LogP contribution in [0.1, 0.15) is 27.6 Å². The zero-order valence-electron chi connectivity index (χ0n) is 17.3. The Balaban J connectivity index is 1.59. The Morgan fingerprint density at radius 1 is 1.18 bits per heavy atom. The van der Waals surface area contributed by atoms with Gasteiger partial charge in [-0.25, -0.2) is 14.4 Å². The number of hydrogen-bond acceptors (Lipinski definition) is 6. The second-order valence-electron chi connectivity index (χ2n) is 7.25. The molecular weight excluding hydrogens is 464 g/mol. The van der Waals surface area contributed by atoms with Crippen molar-refractivity contribution >= 4 is 28.4 Å². The molecule has 6 nitrogen and oxygen atoms in total. The summed E-state index contributed by atoms with van der Waals surface area (Å²) in [7, 11) is 0. The van der Waals surface area contributed by atoms with Gasteiger partial charge in [-0.05, 0) is 37.6 Å². The van der Waals surface area contributed by atoms with Crippen molar-refractivity contribution in [1.29, 1.82) is 0 Å². The molecule has 33 heavy (non-hydrogen) atoms. The minimum absolute atomic E-state index is 0.0496. The minimum Gasteiger partial charge on any atom is -0.485 e. The molecule has 172 valence electrons. The van der Waals surface area contributed by atoms with E-state index in [-0.39, 0.29) is 24.5 Å². The third-order valence-corrected chi connectivity index (χ3v) is 6.00. The number of carboxylic acids is 1. The van der Waals surface area contributed by atoms with Gasteiger partial charge in [-0.3, -0.25) is 4.79 Å². The summed E-state index contributed by atoms with van der Waals surface area (Å²) in [5.74, 6) is -1.97. The monoisotopic (exact) mass is 480 g/mol. The number of rotatable bonds is 6. The van der Waals surface area contributed by atoms with Crippen LogP contribution in [0.4, 0.5) is 17.6 Å². The molecule has 0 amide bonds. The number of thiazole rings is 1. The second kappa shape index (κ2) is 8.47. The Kier molecular flexibility index (Phi) is 5.83. The van der Waals surface area contributed by atoms with Crippen LogP contribution in [0.5, 0.6) is 5.75 Å². The van der Waals surface area contributed by atoms with Crippen molar-refractivity contribution in [2.24, 2.45) is 0 Å². The third kappa shape index (κ3) is 4.68. The number of benzene rings is 2. The number of oxazole rings is 1. The fraction of sp³-hybridized carbons (Fsp3) is 0.227. The van der Waals surface area contributed by atoms with Crippen molar-refractivity contribution in [3.8, 4) is 16.3 Å². The molecule has 0 radical (unpaired) electrons. The maximum absolute atomic E-state index is 14.0. The highest BCUT2D eigenvalue weighted by molar-refractivity contribution is 7.15. The van der Waals surface area contributed by atoms with Gasteiger partial charge in [0.2, 0.25) is 5.89 Å². The van der Waals surface area contributed by atoms with Crippen LogP contribution >= 0.6 is 11.3 Å². The first-order chi connectivity index (χ1) is 15.5. The van der Waals surface area contributed by atoms with E-state index in [4.69, 9.17) is 14.3 Å². The van der Waals surface area contributed by atoms with E-state index in [0.29, 0.717) is 38.5 Å². The second-order valence-corrected chi connectivity index (χ2v) is 8.33. The van der Waals surface area contributed by atoms with Crippen LogP contribution < -0.4 is 4.74 Å². The SMILES string of the molecule is Cc1ccc2oc(CC(=O)O)nc2c1OCc1sc(-c2ccc(C(F)(F)F)c(F)c2)nc1C. The Labute approximate surface area is 188 Å². The highest BCUT2D eigenvalue weighted by atomic mass is 32.1. The predicted octanol–water partition coefficient (Wildman–Crippen LogP) is 5.93. The Morgan fingerprint density at radius 3 is 2.61 bits per heavy atom. The zero-order chi connectivity index (χ0) is 23.9. The molecule has 2 aromatic heterocycles. The summed E-state index contributed by atoms with van der Waals surface area (Å²) in [5, 5.41) is 9.31. The van der Waals surface area contributed by atoms with Gasteiger partial charge in [0.05, 0.1) is 16.1 Å². The highest BCUT2D eigenvalue weighted by Crippen LogP contribution is 2.36. The molecule has 0 unspecified atom stereocenters. The molecule has 0 fully saturated rings. The average Bonchev–Trinajstić information content (AvgIpc) is 3.28. The molecule has 0 aliphatic heterocycles. The normalized spacial score (nSPS) is 11.8. The number of aryl methyl sites for hydroxylation is 2. The van der Waals surface area contributed by atoms with Gasteiger partial charge >= 0.3 is 12.1 Å². The number of hydrogen-bond donors (Lipinski definition) is 1. The lowest BCUT2D eigenvalue weighted by molar-refractivity contribution is -0.140. The summed E-state index contributed by atoms with van der Waals surface area (Å²) in [4.78, 5) is 20.2. The molecule has 1 N–H and O–H groups in total. The maximum atomic E-state index is 14.0. The van der Waals surface area contributed by atoms with Gasteiger partial charge in [0.1, 0.15) is 23.9 Å². The van der Waals surface area contributed by atoms with E-state index in [1.807, 2.05) is 0 Å². The van der Waals surface area contributed by atoms with Crippen LogP contribution in [0.2, 0.25) is 0 Å². The summed E-state index contributed by atoms with van der Waals surface area (Å²) in [6.07, 6.45) is -5.14. The number of alkyl halides is 3. The summed E-state index contributed by atoms with van der Waals surface area (Å²) >= 11 is 1.17. The number of aromatic nitrogens is 2. The lowest BCUT2D eigenvalue weighted by atomic mass is 10.1. The summed E-state index contributed by atoms with van der Waals surface area (Å²) < 4.78 is 63.8. The van der Waals surface area contributed by atoms with Crippen LogP contribution in [0.3, 0.4) is 0 Å². The summed E-state index contributed by atoms with van der Waals surface area (Å²) in [6.45, 7) is 3.59. The number of ether oxygens (including phenoxy) is 1. The van der Waals surface area contributed by atoms with Crippen LogP contribution in [0.25, 0.3) is 21.7 Å². The number of carbonyl (C=O) groups is 1. The molecule has 2 heterocycles. The van der Waals surface area contributed by atoms with Crippen molar-refractivity contribution in [3.05, 3.63) is 63.7 Å². The van der Waals surface area contributed by atoms with Gasteiger partial charge in [0.15, 0.2) is 16.8 Å². The number of fused-ring (bicyclic) bond motifs is 1. The van der Waals surface area contributed by atoms with Gasteiger partial charge in [0, 0.05) is 5.56 Å². The van der Waals surface area contributed by atoms with Crippen molar-refractivity contribution < 1.29 is 36.6 Å². The van der Waals surface area contributed by atoms with Gasteiger partial charge in [-0.1, -0.05) is 12.1 Å². The molecule has 0 aliphatic carbocycles. The molecule has 0 saturated heterocycles. The zero-order valence-corrected chi connectivity index (χ0v) is 18.1. The fourth-order valence-corrected chi connectivity index (χ4v) is 4.18.